The highest BCUT2D eigenvalue weighted by molar-refractivity contribution is 6.02. The van der Waals surface area contributed by atoms with Gasteiger partial charge in [-0.1, -0.05) is 30.3 Å². The molecule has 1 amide bonds. The fourth-order valence-corrected chi connectivity index (χ4v) is 2.97. The Morgan fingerprint density at radius 1 is 1.00 bits per heavy atom. The Balaban J connectivity index is 1.38. The van der Waals surface area contributed by atoms with Gasteiger partial charge in [0.25, 0.3) is 5.91 Å². The highest BCUT2D eigenvalue weighted by Crippen LogP contribution is 2.22. The molecule has 0 atom stereocenters. The maximum absolute atomic E-state index is 12.6. The number of nitrogens with one attached hydrogen (secondary N) is 1. The lowest BCUT2D eigenvalue weighted by atomic mass is 10.1. The van der Waals surface area contributed by atoms with E-state index in [2.05, 4.69) is 25.5 Å². The highest BCUT2D eigenvalue weighted by atomic mass is 16.2. The number of aromatic nitrogens is 6. The van der Waals surface area contributed by atoms with Crippen LogP contribution in [-0.2, 0) is 0 Å². The number of carbonyl (C=O) groups excluding carboxylic acids is 1. The third kappa shape index (κ3) is 3.34. The first-order valence-electron chi connectivity index (χ1n) is 8.95. The van der Waals surface area contributed by atoms with Gasteiger partial charge in [0, 0.05) is 29.8 Å². The number of hydrogen-bond acceptors (Lipinski definition) is 5. The van der Waals surface area contributed by atoms with Crippen molar-refractivity contribution in [2.75, 3.05) is 5.32 Å². The highest BCUT2D eigenvalue weighted by Gasteiger charge is 2.13. The van der Waals surface area contributed by atoms with Crippen molar-refractivity contribution in [3.8, 4) is 16.9 Å². The second kappa shape index (κ2) is 7.01. The quantitative estimate of drug-likeness (QED) is 0.516. The molecule has 3 heterocycles. The number of nitrogens with zero attached hydrogens (tertiary/aromatic N) is 6. The monoisotopic (exact) mass is 381 g/mol. The third-order valence-corrected chi connectivity index (χ3v) is 4.36. The van der Waals surface area contributed by atoms with Crippen LogP contribution >= 0.6 is 0 Å². The van der Waals surface area contributed by atoms with Crippen LogP contribution in [0, 0.1) is 0 Å². The summed E-state index contributed by atoms with van der Waals surface area (Å²) < 4.78 is 1.85. The summed E-state index contributed by atoms with van der Waals surface area (Å²) in [4.78, 5) is 22.8. The molecule has 29 heavy (non-hydrogen) atoms. The van der Waals surface area contributed by atoms with E-state index in [1.807, 2.05) is 77.5 Å². The molecule has 5 rings (SSSR count). The van der Waals surface area contributed by atoms with Gasteiger partial charge in [-0.15, -0.1) is 5.10 Å². The lowest BCUT2D eigenvalue weighted by Crippen LogP contribution is -2.13. The lowest BCUT2D eigenvalue weighted by Gasteiger charge is -2.05. The molecule has 0 fully saturated rings. The van der Waals surface area contributed by atoms with Gasteiger partial charge in [-0.2, -0.15) is 9.90 Å². The fourth-order valence-electron chi connectivity index (χ4n) is 2.97. The molecule has 0 saturated carbocycles. The van der Waals surface area contributed by atoms with Crippen LogP contribution in [0.15, 0.2) is 85.5 Å². The Bertz CT molecular complexity index is 1270. The van der Waals surface area contributed by atoms with Crippen LogP contribution in [-0.4, -0.2) is 35.3 Å². The van der Waals surface area contributed by atoms with E-state index < -0.39 is 0 Å². The second-order valence-electron chi connectivity index (χ2n) is 6.34. The van der Waals surface area contributed by atoms with Crippen molar-refractivity contribution >= 4 is 17.4 Å². The Hall–Kier alpha value is -4.33. The first-order valence-corrected chi connectivity index (χ1v) is 8.95. The number of benzene rings is 2. The number of hydrogen-bond donors (Lipinski definition) is 1. The van der Waals surface area contributed by atoms with Crippen molar-refractivity contribution in [1.82, 2.24) is 29.4 Å². The average molecular weight is 381 g/mol. The Kier molecular flexibility index (Phi) is 4.06. The molecule has 8 heteroatoms. The van der Waals surface area contributed by atoms with Gasteiger partial charge in [-0.05, 0) is 30.3 Å². The van der Waals surface area contributed by atoms with Crippen molar-refractivity contribution in [1.29, 1.82) is 0 Å². The Morgan fingerprint density at radius 3 is 2.76 bits per heavy atom. The van der Waals surface area contributed by atoms with Crippen LogP contribution in [0.1, 0.15) is 10.5 Å². The van der Waals surface area contributed by atoms with Crippen LogP contribution in [0.4, 0.5) is 5.69 Å². The third-order valence-electron chi connectivity index (χ3n) is 4.36. The molecule has 8 nitrogen and oxygen atoms in total. The molecule has 0 aliphatic heterocycles. The zero-order chi connectivity index (χ0) is 19.6. The first kappa shape index (κ1) is 16.8. The van der Waals surface area contributed by atoms with Crippen molar-refractivity contribution in [3.05, 3.63) is 91.1 Å². The number of rotatable bonds is 4. The van der Waals surface area contributed by atoms with Crippen molar-refractivity contribution in [2.24, 2.45) is 0 Å². The molecule has 1 N–H and O–H groups in total. The number of fused-ring (bicyclic) bond motifs is 1. The molecular formula is C21H15N7O. The van der Waals surface area contributed by atoms with Gasteiger partial charge in [-0.3, -0.25) is 9.20 Å². The molecular weight excluding hydrogens is 366 g/mol. The summed E-state index contributed by atoms with van der Waals surface area (Å²) >= 11 is 0. The summed E-state index contributed by atoms with van der Waals surface area (Å²) in [6, 6.07) is 18.7. The summed E-state index contributed by atoms with van der Waals surface area (Å²) in [7, 11) is 0. The molecule has 2 aromatic carbocycles. The maximum atomic E-state index is 12.6. The number of carbonyl (C=O) groups is 1. The van der Waals surface area contributed by atoms with E-state index in [0.29, 0.717) is 11.5 Å². The molecule has 0 saturated heterocycles. The summed E-state index contributed by atoms with van der Waals surface area (Å²) in [5, 5.41) is 11.3. The summed E-state index contributed by atoms with van der Waals surface area (Å²) in [5.41, 5.74) is 3.31. The minimum absolute atomic E-state index is 0.233. The first-order chi connectivity index (χ1) is 14.3. The van der Waals surface area contributed by atoms with Crippen LogP contribution in [0.2, 0.25) is 0 Å². The molecule has 0 radical (unpaired) electrons. The largest absolute Gasteiger partial charge is 0.321 e. The van der Waals surface area contributed by atoms with E-state index in [-0.39, 0.29) is 11.6 Å². The number of imidazole rings is 1. The van der Waals surface area contributed by atoms with Crippen LogP contribution in [0.5, 0.6) is 0 Å². The number of anilines is 1. The second-order valence-corrected chi connectivity index (χ2v) is 6.34. The van der Waals surface area contributed by atoms with Gasteiger partial charge in [0.05, 0.1) is 17.6 Å². The molecule has 0 bridgehead atoms. The molecule has 0 aliphatic carbocycles. The van der Waals surface area contributed by atoms with E-state index in [1.165, 1.54) is 11.0 Å². The lowest BCUT2D eigenvalue weighted by molar-refractivity contribution is 0.102. The van der Waals surface area contributed by atoms with Crippen molar-refractivity contribution in [3.63, 3.8) is 0 Å². The number of para-hydroxylation sites is 1. The normalized spacial score (nSPS) is 10.9. The maximum Gasteiger partial charge on any atom is 0.277 e. The Labute approximate surface area is 165 Å². The standard InChI is InChI=1S/C21H15N7O/c29-20(18-13-23-28(26-18)17-8-2-1-3-9-17)24-16-7-4-6-15(12-16)19-14-27-11-5-10-22-21(27)25-19/h1-14H,(H,24,29). The van der Waals surface area contributed by atoms with E-state index >= 15 is 0 Å². The summed E-state index contributed by atoms with van der Waals surface area (Å²) in [6.45, 7) is 0. The predicted octanol–water partition coefficient (Wildman–Crippen LogP) is 3.23. The summed E-state index contributed by atoms with van der Waals surface area (Å²) in [5.74, 6) is 0.287. The van der Waals surface area contributed by atoms with Gasteiger partial charge in [0.2, 0.25) is 5.78 Å². The molecule has 0 unspecified atom stereocenters. The van der Waals surface area contributed by atoms with E-state index in [4.69, 9.17) is 0 Å². The Morgan fingerprint density at radius 2 is 1.90 bits per heavy atom. The zero-order valence-corrected chi connectivity index (χ0v) is 15.2. The molecule has 3 aromatic heterocycles. The van der Waals surface area contributed by atoms with Gasteiger partial charge in [-0.25, -0.2) is 9.97 Å². The molecule has 0 spiro atoms. The molecule has 0 aliphatic rings. The topological polar surface area (TPSA) is 90.0 Å². The SMILES string of the molecule is O=C(Nc1cccc(-c2cn3cccnc3n2)c1)c1cnn(-c2ccccc2)n1. The van der Waals surface area contributed by atoms with Crippen molar-refractivity contribution < 1.29 is 4.79 Å². The average Bonchev–Trinajstić information content (AvgIpc) is 3.42. The smallest absolute Gasteiger partial charge is 0.277 e. The van der Waals surface area contributed by atoms with Crippen LogP contribution in [0.3, 0.4) is 0 Å². The van der Waals surface area contributed by atoms with E-state index in [1.54, 1.807) is 6.20 Å². The minimum Gasteiger partial charge on any atom is -0.321 e. The van der Waals surface area contributed by atoms with Gasteiger partial charge >= 0.3 is 0 Å². The van der Waals surface area contributed by atoms with E-state index in [0.717, 1.165) is 16.9 Å². The van der Waals surface area contributed by atoms with Crippen LogP contribution < -0.4 is 5.32 Å². The minimum atomic E-state index is -0.332. The molecule has 5 aromatic rings. The van der Waals surface area contributed by atoms with E-state index in [9.17, 15) is 4.79 Å². The van der Waals surface area contributed by atoms with Crippen LogP contribution in [0.25, 0.3) is 22.7 Å². The van der Waals surface area contributed by atoms with Gasteiger partial charge in [0.15, 0.2) is 5.69 Å². The predicted molar refractivity (Wildman–Crippen MR) is 108 cm³/mol. The number of amides is 1. The van der Waals surface area contributed by atoms with Gasteiger partial charge in [0.1, 0.15) is 0 Å². The van der Waals surface area contributed by atoms with Crippen molar-refractivity contribution in [2.45, 2.75) is 0 Å². The van der Waals surface area contributed by atoms with Gasteiger partial charge < -0.3 is 5.32 Å². The zero-order valence-electron chi connectivity index (χ0n) is 15.2. The fraction of sp³-hybridized carbons (Fsp3) is 0. The molecule has 140 valence electrons. The summed E-state index contributed by atoms with van der Waals surface area (Å²) in [6.07, 6.45) is 6.93.